The average molecular weight is 333 g/mol. The Morgan fingerprint density at radius 3 is 1.17 bits per heavy atom. The second kappa shape index (κ2) is 13.4. The van der Waals surface area contributed by atoms with Crippen LogP contribution in [0.4, 0.5) is 0 Å². The molecule has 2 heteroatoms. The summed E-state index contributed by atoms with van der Waals surface area (Å²) in [5.41, 5.74) is 5.85. The van der Waals surface area contributed by atoms with E-state index in [1.807, 2.05) is 0 Å². The highest BCUT2D eigenvalue weighted by Crippen LogP contribution is 2.24. The summed E-state index contributed by atoms with van der Waals surface area (Å²) < 4.78 is 0. The van der Waals surface area contributed by atoms with Crippen LogP contribution in [-0.4, -0.2) is 23.4 Å². The molecule has 2 nitrogen and oxygen atoms in total. The predicted molar refractivity (Wildman–Crippen MR) is 103 cm³/mol. The maximum atomic E-state index is 9.06. The van der Waals surface area contributed by atoms with E-state index >= 15 is 0 Å². The first-order valence-corrected chi connectivity index (χ1v) is 9.70. The fourth-order valence-electron chi connectivity index (χ4n) is 3.21. The molecule has 24 heavy (non-hydrogen) atoms. The van der Waals surface area contributed by atoms with Crippen molar-refractivity contribution in [2.24, 2.45) is 0 Å². The molecular formula is C22H36O2. The molecular weight excluding hydrogens is 296 g/mol. The minimum Gasteiger partial charge on any atom is -0.396 e. The lowest BCUT2D eigenvalue weighted by Gasteiger charge is -2.17. The number of aliphatic hydroxyl groups excluding tert-OH is 2. The molecule has 0 fully saturated rings. The third kappa shape index (κ3) is 7.81. The van der Waals surface area contributed by atoms with Gasteiger partial charge in [0.2, 0.25) is 0 Å². The van der Waals surface area contributed by atoms with E-state index in [0.29, 0.717) is 0 Å². The molecule has 2 N–H and O–H groups in total. The van der Waals surface area contributed by atoms with Gasteiger partial charge >= 0.3 is 0 Å². The summed E-state index contributed by atoms with van der Waals surface area (Å²) in [4.78, 5) is 0. The molecule has 0 atom stereocenters. The number of unbranched alkanes of at least 4 members (excludes halogenated alkanes) is 4. The third-order valence-corrected chi connectivity index (χ3v) is 4.62. The summed E-state index contributed by atoms with van der Waals surface area (Å²) in [5, 5.41) is 18.1. The summed E-state index contributed by atoms with van der Waals surface area (Å²) in [6.07, 6.45) is 12.4. The molecule has 0 aliphatic heterocycles. The lowest BCUT2D eigenvalue weighted by Crippen LogP contribution is -2.04. The molecule has 1 aromatic rings. The van der Waals surface area contributed by atoms with Crippen molar-refractivity contribution in [2.45, 2.75) is 77.0 Å². The first kappa shape index (κ1) is 21.2. The van der Waals surface area contributed by atoms with Crippen molar-refractivity contribution in [2.75, 3.05) is 13.2 Å². The quantitative estimate of drug-likeness (QED) is 0.488. The lowest BCUT2D eigenvalue weighted by atomic mass is 9.89. The van der Waals surface area contributed by atoms with Gasteiger partial charge in [-0.25, -0.2) is 0 Å². The van der Waals surface area contributed by atoms with Gasteiger partial charge < -0.3 is 10.2 Å². The number of benzene rings is 1. The number of aryl methyl sites for hydroxylation is 4. The van der Waals surface area contributed by atoms with Crippen LogP contribution < -0.4 is 0 Å². The van der Waals surface area contributed by atoms with Crippen LogP contribution in [0, 0.1) is 13.8 Å². The number of aliphatic hydroxyl groups is 2. The van der Waals surface area contributed by atoms with Gasteiger partial charge in [-0.1, -0.05) is 38.8 Å². The maximum Gasteiger partial charge on any atom is 0.0431 e. The normalized spacial score (nSPS) is 11.2. The summed E-state index contributed by atoms with van der Waals surface area (Å²) in [6.45, 7) is 8.51. The fraction of sp³-hybridized carbons (Fsp3) is 0.636. The molecule has 0 amide bonds. The van der Waals surface area contributed by atoms with Gasteiger partial charge in [0.1, 0.15) is 0 Å². The number of hydrogen-bond acceptors (Lipinski definition) is 2. The molecule has 0 saturated carbocycles. The molecule has 0 aliphatic rings. The third-order valence-electron chi connectivity index (χ3n) is 4.62. The second-order valence-electron chi connectivity index (χ2n) is 6.67. The van der Waals surface area contributed by atoms with Crippen LogP contribution in [0.2, 0.25) is 0 Å². The molecule has 0 aromatic heterocycles. The molecule has 0 bridgehead atoms. The smallest absolute Gasteiger partial charge is 0.0431 e. The maximum absolute atomic E-state index is 9.06. The van der Waals surface area contributed by atoms with Crippen molar-refractivity contribution >= 4 is 0 Å². The summed E-state index contributed by atoms with van der Waals surface area (Å²) >= 11 is 0. The van der Waals surface area contributed by atoms with Crippen LogP contribution in [0.25, 0.3) is 0 Å². The first-order chi connectivity index (χ1) is 11.8. The highest BCUT2D eigenvalue weighted by molar-refractivity contribution is 5.39. The lowest BCUT2D eigenvalue weighted by molar-refractivity contribution is 0.283. The van der Waals surface area contributed by atoms with Crippen molar-refractivity contribution in [3.63, 3.8) is 0 Å². The number of rotatable bonds is 14. The monoisotopic (exact) mass is 332 g/mol. The van der Waals surface area contributed by atoms with Crippen LogP contribution >= 0.6 is 0 Å². The Morgan fingerprint density at radius 2 is 0.875 bits per heavy atom. The summed E-state index contributed by atoms with van der Waals surface area (Å²) in [6, 6.07) is 4.83. The largest absolute Gasteiger partial charge is 0.396 e. The van der Waals surface area contributed by atoms with E-state index in [9.17, 15) is 0 Å². The van der Waals surface area contributed by atoms with Gasteiger partial charge in [0.05, 0.1) is 0 Å². The van der Waals surface area contributed by atoms with E-state index in [1.54, 1.807) is 0 Å². The van der Waals surface area contributed by atoms with Gasteiger partial charge in [-0.2, -0.15) is 0 Å². The van der Waals surface area contributed by atoms with Crippen LogP contribution in [0.3, 0.4) is 0 Å². The van der Waals surface area contributed by atoms with Gasteiger partial charge in [0.25, 0.3) is 0 Å². The van der Waals surface area contributed by atoms with Crippen LogP contribution in [-0.2, 0) is 25.7 Å². The minimum atomic E-state index is 0.274. The molecule has 2 radical (unpaired) electrons. The van der Waals surface area contributed by atoms with E-state index in [4.69, 9.17) is 10.2 Å². The Hall–Kier alpha value is -0.860. The number of hydrogen-bond donors (Lipinski definition) is 2. The van der Waals surface area contributed by atoms with E-state index in [1.165, 1.54) is 22.3 Å². The van der Waals surface area contributed by atoms with Crippen molar-refractivity contribution < 1.29 is 10.2 Å². The van der Waals surface area contributed by atoms with Crippen LogP contribution in [0.5, 0.6) is 0 Å². The zero-order valence-corrected chi connectivity index (χ0v) is 15.4. The van der Waals surface area contributed by atoms with E-state index in [-0.39, 0.29) is 13.2 Å². The highest BCUT2D eigenvalue weighted by Gasteiger charge is 2.10. The second-order valence-corrected chi connectivity index (χ2v) is 6.67. The Morgan fingerprint density at radius 1 is 0.542 bits per heavy atom. The van der Waals surface area contributed by atoms with Gasteiger partial charge in [-0.15, -0.1) is 0 Å². The molecule has 0 unspecified atom stereocenters. The SMILES string of the molecule is [CH2]CCCc1cc(CCCCO)c(CCCCO)cc1CCC[CH2]. The van der Waals surface area contributed by atoms with Gasteiger partial charge in [-0.05, 0) is 86.5 Å². The van der Waals surface area contributed by atoms with Crippen molar-refractivity contribution in [3.05, 3.63) is 48.2 Å². The summed E-state index contributed by atoms with van der Waals surface area (Å²) in [7, 11) is 0. The van der Waals surface area contributed by atoms with E-state index < -0.39 is 0 Å². The molecule has 1 aromatic carbocycles. The van der Waals surface area contributed by atoms with E-state index in [0.717, 1.165) is 77.0 Å². The van der Waals surface area contributed by atoms with Crippen molar-refractivity contribution in [1.82, 2.24) is 0 Å². The zero-order chi connectivity index (χ0) is 17.6. The van der Waals surface area contributed by atoms with Gasteiger partial charge in [-0.3, -0.25) is 0 Å². The molecule has 0 aliphatic carbocycles. The highest BCUT2D eigenvalue weighted by atomic mass is 16.3. The van der Waals surface area contributed by atoms with Gasteiger partial charge in [0, 0.05) is 13.2 Å². The zero-order valence-electron chi connectivity index (χ0n) is 15.4. The standard InChI is InChI=1S/C22H36O2/c1-3-5-11-19-17-21(13-7-9-15-23)22(14-8-10-16-24)18-20(19)12-6-4-2/h17-18,23-24H,1-16H2. The van der Waals surface area contributed by atoms with E-state index in [2.05, 4.69) is 26.0 Å². The fourth-order valence-corrected chi connectivity index (χ4v) is 3.21. The Labute approximate surface area is 149 Å². The first-order valence-electron chi connectivity index (χ1n) is 9.70. The minimum absolute atomic E-state index is 0.274. The molecule has 1 rings (SSSR count). The molecule has 0 spiro atoms. The Kier molecular flexibility index (Phi) is 11.9. The molecule has 0 heterocycles. The molecule has 136 valence electrons. The summed E-state index contributed by atoms with van der Waals surface area (Å²) in [5.74, 6) is 0. The van der Waals surface area contributed by atoms with Crippen molar-refractivity contribution in [3.8, 4) is 0 Å². The van der Waals surface area contributed by atoms with Crippen LogP contribution in [0.15, 0.2) is 12.1 Å². The Balaban J connectivity index is 2.99. The van der Waals surface area contributed by atoms with Crippen molar-refractivity contribution in [1.29, 1.82) is 0 Å². The molecule has 0 saturated heterocycles. The van der Waals surface area contributed by atoms with Gasteiger partial charge in [0.15, 0.2) is 0 Å². The Bertz CT molecular complexity index is 399. The average Bonchev–Trinajstić information content (AvgIpc) is 2.60. The topological polar surface area (TPSA) is 40.5 Å². The van der Waals surface area contributed by atoms with Crippen LogP contribution in [0.1, 0.15) is 73.6 Å². The predicted octanol–water partition coefficient (Wildman–Crippen LogP) is 4.63.